The van der Waals surface area contributed by atoms with E-state index in [1.807, 2.05) is 6.92 Å². The lowest BCUT2D eigenvalue weighted by atomic mass is 9.79. The highest BCUT2D eigenvalue weighted by atomic mass is 16.5. The molecule has 28 heavy (non-hydrogen) atoms. The van der Waals surface area contributed by atoms with Crippen LogP contribution in [0.25, 0.3) is 0 Å². The van der Waals surface area contributed by atoms with Crippen molar-refractivity contribution in [2.45, 2.75) is 69.9 Å². The summed E-state index contributed by atoms with van der Waals surface area (Å²) < 4.78 is 6.04. The summed E-state index contributed by atoms with van der Waals surface area (Å²) in [6.07, 6.45) is 9.70. The Kier molecular flexibility index (Phi) is 7.15. The molecule has 1 saturated carbocycles. The predicted octanol–water partition coefficient (Wildman–Crippen LogP) is 1.61. The maximum Gasteiger partial charge on any atom is 0.322 e. The fourth-order valence-electron chi connectivity index (χ4n) is 4.64. The van der Waals surface area contributed by atoms with E-state index < -0.39 is 5.54 Å². The fraction of sp³-hybridized carbons (Fsp3) is 0.850. The van der Waals surface area contributed by atoms with Gasteiger partial charge in [0, 0.05) is 26.7 Å². The second-order valence-electron chi connectivity index (χ2n) is 8.33. The third-order valence-electron chi connectivity index (χ3n) is 6.44. The molecule has 0 aromatic heterocycles. The van der Waals surface area contributed by atoms with Gasteiger partial charge in [-0.25, -0.2) is 4.79 Å². The third-order valence-corrected chi connectivity index (χ3v) is 6.44. The molecule has 3 rings (SSSR count). The Balaban J connectivity index is 1.40. The third kappa shape index (κ3) is 4.96. The largest absolute Gasteiger partial charge is 0.376 e. The Morgan fingerprint density at radius 1 is 1.18 bits per heavy atom. The zero-order valence-corrected chi connectivity index (χ0v) is 17.3. The van der Waals surface area contributed by atoms with Gasteiger partial charge in [0.05, 0.1) is 12.7 Å². The number of carbonyl (C=O) groups excluding carboxylic acids is 2. The first-order chi connectivity index (χ1) is 13.5. The number of rotatable bonds is 5. The number of amides is 3. The van der Waals surface area contributed by atoms with Crippen molar-refractivity contribution in [1.29, 1.82) is 0 Å². The van der Waals surface area contributed by atoms with E-state index in [9.17, 15) is 9.59 Å². The van der Waals surface area contributed by atoms with Gasteiger partial charge in [-0.05, 0) is 38.5 Å². The van der Waals surface area contributed by atoms with Crippen molar-refractivity contribution in [3.63, 3.8) is 0 Å². The molecule has 0 radical (unpaired) electrons. The van der Waals surface area contributed by atoms with Crippen LogP contribution < -0.4 is 16.0 Å². The molecule has 2 heterocycles. The first-order valence-electron chi connectivity index (χ1n) is 10.7. The van der Waals surface area contributed by atoms with Gasteiger partial charge in [-0.1, -0.05) is 25.7 Å². The maximum absolute atomic E-state index is 12.1. The average molecular weight is 394 g/mol. The molecule has 1 aliphatic carbocycles. The van der Waals surface area contributed by atoms with E-state index in [0.717, 1.165) is 38.4 Å². The van der Waals surface area contributed by atoms with Crippen LogP contribution in [0.1, 0.15) is 58.3 Å². The lowest BCUT2D eigenvalue weighted by Crippen LogP contribution is -2.55. The molecule has 158 valence electrons. The standard InChI is InChI=1S/C20H35N5O3/c1-20(17(26)23-19(27)24-20)15-9-12-25(13-10-15)18(21-2)22-11-14-28-16-7-5-3-4-6-8-16/h15-16H,3-14H2,1-2H3,(H,21,22)(H2,23,24,26,27). The van der Waals surface area contributed by atoms with E-state index in [0.29, 0.717) is 12.7 Å². The molecule has 3 amide bonds. The summed E-state index contributed by atoms with van der Waals surface area (Å²) in [5, 5.41) is 8.57. The highest BCUT2D eigenvalue weighted by Gasteiger charge is 2.48. The van der Waals surface area contributed by atoms with Gasteiger partial charge in [-0.2, -0.15) is 0 Å². The van der Waals surface area contributed by atoms with Crippen LogP contribution in [0.3, 0.4) is 0 Å². The molecule has 0 aromatic rings. The number of ether oxygens (including phenoxy) is 1. The number of nitrogens with zero attached hydrogens (tertiary/aromatic N) is 2. The van der Waals surface area contributed by atoms with Gasteiger partial charge < -0.3 is 20.3 Å². The molecular weight excluding hydrogens is 358 g/mol. The Morgan fingerprint density at radius 2 is 1.86 bits per heavy atom. The van der Waals surface area contributed by atoms with Gasteiger partial charge in [0.25, 0.3) is 5.91 Å². The molecule has 0 bridgehead atoms. The van der Waals surface area contributed by atoms with E-state index in [1.54, 1.807) is 7.05 Å². The summed E-state index contributed by atoms with van der Waals surface area (Å²) in [5.41, 5.74) is -0.799. The van der Waals surface area contributed by atoms with Crippen LogP contribution in [0.5, 0.6) is 0 Å². The van der Waals surface area contributed by atoms with Crippen molar-refractivity contribution in [1.82, 2.24) is 20.9 Å². The molecule has 2 aliphatic heterocycles. The van der Waals surface area contributed by atoms with Gasteiger partial charge in [-0.3, -0.25) is 15.1 Å². The van der Waals surface area contributed by atoms with Gasteiger partial charge in [0.2, 0.25) is 0 Å². The molecule has 2 saturated heterocycles. The van der Waals surface area contributed by atoms with Gasteiger partial charge >= 0.3 is 6.03 Å². The molecule has 3 aliphatic rings. The minimum absolute atomic E-state index is 0.131. The topological polar surface area (TPSA) is 95.1 Å². The van der Waals surface area contributed by atoms with Crippen molar-refractivity contribution in [2.75, 3.05) is 33.3 Å². The predicted molar refractivity (Wildman–Crippen MR) is 108 cm³/mol. The van der Waals surface area contributed by atoms with Crippen LogP contribution in [0.4, 0.5) is 4.79 Å². The first kappa shape index (κ1) is 20.9. The van der Waals surface area contributed by atoms with Crippen molar-refractivity contribution < 1.29 is 14.3 Å². The number of aliphatic imine (C=N–C) groups is 1. The van der Waals surface area contributed by atoms with Crippen LogP contribution >= 0.6 is 0 Å². The number of nitrogens with one attached hydrogen (secondary N) is 3. The van der Waals surface area contributed by atoms with Crippen molar-refractivity contribution in [3.05, 3.63) is 0 Å². The summed E-state index contributed by atoms with van der Waals surface area (Å²) in [7, 11) is 1.80. The van der Waals surface area contributed by atoms with Crippen molar-refractivity contribution in [2.24, 2.45) is 10.9 Å². The van der Waals surface area contributed by atoms with Crippen LogP contribution in [0.15, 0.2) is 4.99 Å². The van der Waals surface area contributed by atoms with E-state index in [1.165, 1.54) is 38.5 Å². The number of guanidine groups is 1. The normalized spacial score (nSPS) is 28.1. The fourth-order valence-corrected chi connectivity index (χ4v) is 4.64. The Morgan fingerprint density at radius 3 is 2.43 bits per heavy atom. The van der Waals surface area contributed by atoms with Crippen LogP contribution in [0, 0.1) is 5.92 Å². The van der Waals surface area contributed by atoms with Crippen molar-refractivity contribution in [3.8, 4) is 0 Å². The summed E-state index contributed by atoms with van der Waals surface area (Å²) in [5.74, 6) is 0.800. The molecule has 8 heteroatoms. The molecular formula is C20H35N5O3. The summed E-state index contributed by atoms with van der Waals surface area (Å²) >= 11 is 0. The number of likely N-dealkylation sites (tertiary alicyclic amines) is 1. The zero-order valence-electron chi connectivity index (χ0n) is 17.3. The molecule has 3 N–H and O–H groups in total. The number of imide groups is 1. The van der Waals surface area contributed by atoms with E-state index >= 15 is 0 Å². The molecule has 8 nitrogen and oxygen atoms in total. The highest BCUT2D eigenvalue weighted by molar-refractivity contribution is 6.07. The van der Waals surface area contributed by atoms with Crippen molar-refractivity contribution >= 4 is 17.9 Å². The minimum Gasteiger partial charge on any atom is -0.376 e. The Bertz CT molecular complexity index is 580. The minimum atomic E-state index is -0.799. The number of carbonyl (C=O) groups is 2. The lowest BCUT2D eigenvalue weighted by molar-refractivity contribution is -0.125. The quantitative estimate of drug-likeness (QED) is 0.217. The summed E-state index contributed by atoms with van der Waals surface area (Å²) in [6, 6.07) is -0.388. The molecule has 3 fully saturated rings. The van der Waals surface area contributed by atoms with Crippen LogP contribution in [0.2, 0.25) is 0 Å². The average Bonchev–Trinajstić information content (AvgIpc) is 2.86. The van der Waals surface area contributed by atoms with E-state index in [-0.39, 0.29) is 17.9 Å². The monoisotopic (exact) mass is 393 g/mol. The van der Waals surface area contributed by atoms with Gasteiger partial charge in [-0.15, -0.1) is 0 Å². The van der Waals surface area contributed by atoms with E-state index in [2.05, 4.69) is 25.8 Å². The lowest BCUT2D eigenvalue weighted by Gasteiger charge is -2.39. The SMILES string of the molecule is CN=C(NCCOC1CCCCCC1)N1CCC(C2(C)NC(=O)NC2=O)CC1. The summed E-state index contributed by atoms with van der Waals surface area (Å²) in [4.78, 5) is 30.3. The van der Waals surface area contributed by atoms with Gasteiger partial charge in [0.1, 0.15) is 5.54 Å². The maximum atomic E-state index is 12.1. The molecule has 1 atom stereocenters. The number of piperidine rings is 1. The smallest absolute Gasteiger partial charge is 0.322 e. The molecule has 0 spiro atoms. The second kappa shape index (κ2) is 9.58. The van der Waals surface area contributed by atoms with Crippen LogP contribution in [-0.2, 0) is 9.53 Å². The zero-order chi connectivity index (χ0) is 20.0. The second-order valence-corrected chi connectivity index (χ2v) is 8.33. The molecule has 0 aromatic carbocycles. The highest BCUT2D eigenvalue weighted by Crippen LogP contribution is 2.30. The number of hydrogen-bond donors (Lipinski definition) is 3. The number of hydrogen-bond acceptors (Lipinski definition) is 4. The Labute approximate surface area is 167 Å². The van der Waals surface area contributed by atoms with Crippen LogP contribution in [-0.4, -0.2) is 67.7 Å². The van der Waals surface area contributed by atoms with Gasteiger partial charge in [0.15, 0.2) is 5.96 Å². The first-order valence-corrected chi connectivity index (χ1v) is 10.7. The molecule has 1 unspecified atom stereocenters. The Hall–Kier alpha value is -1.83. The van der Waals surface area contributed by atoms with E-state index in [4.69, 9.17) is 4.74 Å². The number of urea groups is 1. The summed E-state index contributed by atoms with van der Waals surface area (Å²) in [6.45, 7) is 4.90.